The molecule has 0 aliphatic carbocycles. The van der Waals surface area contributed by atoms with Gasteiger partial charge in [0.05, 0.1) is 11.8 Å². The number of nitrogens with one attached hydrogen (secondary N) is 1. The molecule has 0 bridgehead atoms. The van der Waals surface area contributed by atoms with Crippen LogP contribution in [0.5, 0.6) is 0 Å². The Hall–Kier alpha value is -2.22. The van der Waals surface area contributed by atoms with E-state index < -0.39 is 21.7 Å². The maximum absolute atomic E-state index is 12.9. The second-order valence-corrected chi connectivity index (χ2v) is 9.54. The van der Waals surface area contributed by atoms with Gasteiger partial charge < -0.3 is 15.0 Å². The highest BCUT2D eigenvalue weighted by molar-refractivity contribution is 8.02. The topological polar surface area (TPSA) is 75.7 Å². The van der Waals surface area contributed by atoms with Crippen molar-refractivity contribution < 1.29 is 19.1 Å². The van der Waals surface area contributed by atoms with Gasteiger partial charge in [-0.05, 0) is 5.56 Å². The molecule has 0 aromatic heterocycles. The SMILES string of the molecule is CC(=O)NC1N2C(=O)C[C@H]2SC1(C(=O)OCc1ccccc1)C(Cl)Cl.c1ccccc1. The van der Waals surface area contributed by atoms with Crippen molar-refractivity contribution in [2.24, 2.45) is 0 Å². The zero-order chi connectivity index (χ0) is 22.4. The summed E-state index contributed by atoms with van der Waals surface area (Å²) in [5.74, 6) is -1.21. The number of hydrogen-bond donors (Lipinski definition) is 1. The van der Waals surface area contributed by atoms with Crippen molar-refractivity contribution in [2.75, 3.05) is 0 Å². The van der Waals surface area contributed by atoms with E-state index in [1.807, 2.05) is 66.7 Å². The van der Waals surface area contributed by atoms with Gasteiger partial charge in [-0.2, -0.15) is 0 Å². The molecule has 2 saturated heterocycles. The molecule has 2 fully saturated rings. The van der Waals surface area contributed by atoms with Crippen LogP contribution in [-0.2, 0) is 25.7 Å². The smallest absolute Gasteiger partial charge is 0.329 e. The summed E-state index contributed by atoms with van der Waals surface area (Å²) in [4.78, 5) is 36.7. The molecular weight excluding hydrogens is 459 g/mol. The van der Waals surface area contributed by atoms with Crippen LogP contribution in [0.1, 0.15) is 18.9 Å². The summed E-state index contributed by atoms with van der Waals surface area (Å²) in [7, 11) is 0. The Morgan fingerprint density at radius 3 is 2.16 bits per heavy atom. The van der Waals surface area contributed by atoms with Gasteiger partial charge in [0.2, 0.25) is 11.8 Å². The van der Waals surface area contributed by atoms with E-state index in [2.05, 4.69) is 5.32 Å². The first kappa shape index (κ1) is 23.4. The van der Waals surface area contributed by atoms with Crippen LogP contribution in [0.4, 0.5) is 0 Å². The summed E-state index contributed by atoms with van der Waals surface area (Å²) in [5.41, 5.74) is 0.810. The van der Waals surface area contributed by atoms with E-state index in [0.717, 1.165) is 5.56 Å². The zero-order valence-electron chi connectivity index (χ0n) is 16.7. The summed E-state index contributed by atoms with van der Waals surface area (Å²) in [6.07, 6.45) is -0.667. The van der Waals surface area contributed by atoms with Crippen LogP contribution < -0.4 is 5.32 Å². The number of rotatable bonds is 5. The Balaban J connectivity index is 0.000000391. The third-order valence-electron chi connectivity index (χ3n) is 4.83. The van der Waals surface area contributed by atoms with Gasteiger partial charge in [0.1, 0.15) is 17.6 Å². The maximum Gasteiger partial charge on any atom is 0.329 e. The first-order valence-corrected chi connectivity index (χ1v) is 11.4. The van der Waals surface area contributed by atoms with E-state index in [1.165, 1.54) is 23.6 Å². The van der Waals surface area contributed by atoms with Crippen LogP contribution in [0.15, 0.2) is 66.7 Å². The van der Waals surface area contributed by atoms with Crippen molar-refractivity contribution in [1.82, 2.24) is 10.2 Å². The number of benzene rings is 2. The monoisotopic (exact) mass is 480 g/mol. The number of carbonyl (C=O) groups excluding carboxylic acids is 3. The lowest BCUT2D eigenvalue weighted by atomic mass is 10.0. The third-order valence-corrected chi connectivity index (χ3v) is 7.45. The second-order valence-electron chi connectivity index (χ2n) is 6.99. The summed E-state index contributed by atoms with van der Waals surface area (Å²) >= 11 is 13.5. The van der Waals surface area contributed by atoms with Gasteiger partial charge in [-0.3, -0.25) is 14.4 Å². The molecule has 1 N–H and O–H groups in total. The third kappa shape index (κ3) is 5.17. The summed E-state index contributed by atoms with van der Waals surface area (Å²) in [6.45, 7) is 1.35. The van der Waals surface area contributed by atoms with Crippen LogP contribution in [0.3, 0.4) is 0 Å². The highest BCUT2D eigenvalue weighted by Gasteiger charge is 2.67. The molecule has 2 unspecified atom stereocenters. The van der Waals surface area contributed by atoms with E-state index in [-0.39, 0.29) is 30.2 Å². The maximum atomic E-state index is 12.9. The molecule has 2 aliphatic heterocycles. The normalized spacial score (nSPS) is 23.9. The van der Waals surface area contributed by atoms with Crippen LogP contribution in [0.2, 0.25) is 0 Å². The molecule has 2 aromatic rings. The number of nitrogens with zero attached hydrogens (tertiary/aromatic N) is 1. The van der Waals surface area contributed by atoms with Crippen molar-refractivity contribution in [2.45, 2.75) is 41.1 Å². The van der Waals surface area contributed by atoms with Gasteiger partial charge in [0.25, 0.3) is 0 Å². The van der Waals surface area contributed by atoms with E-state index in [9.17, 15) is 14.4 Å². The minimum absolute atomic E-state index is 0.0495. The van der Waals surface area contributed by atoms with E-state index >= 15 is 0 Å². The van der Waals surface area contributed by atoms with Gasteiger partial charge in [0, 0.05) is 6.92 Å². The fraction of sp³-hybridized carbons (Fsp3) is 0.318. The highest BCUT2D eigenvalue weighted by Crippen LogP contribution is 2.54. The molecule has 6 nitrogen and oxygen atoms in total. The van der Waals surface area contributed by atoms with Gasteiger partial charge in [-0.25, -0.2) is 0 Å². The fourth-order valence-electron chi connectivity index (χ4n) is 3.32. The average Bonchev–Trinajstić information content (AvgIpc) is 3.02. The number of esters is 1. The number of amides is 2. The number of alkyl halides is 2. The lowest BCUT2D eigenvalue weighted by Crippen LogP contribution is -2.65. The Labute approximate surface area is 195 Å². The Morgan fingerprint density at radius 2 is 1.68 bits per heavy atom. The first-order valence-electron chi connectivity index (χ1n) is 9.61. The largest absolute Gasteiger partial charge is 0.460 e. The van der Waals surface area contributed by atoms with E-state index in [4.69, 9.17) is 27.9 Å². The molecular formula is C22H22Cl2N2O4S. The second kappa shape index (κ2) is 10.4. The summed E-state index contributed by atoms with van der Waals surface area (Å²) < 4.78 is 3.96. The zero-order valence-corrected chi connectivity index (χ0v) is 19.1. The molecule has 2 heterocycles. The quantitative estimate of drug-likeness (QED) is 0.400. The standard InChI is InChI=1S/C16H16Cl2N2O4S.C6H6/c1-9(21)19-14-16(13(17)18,25-12-7-11(22)20(12)14)15(23)24-8-10-5-3-2-4-6-10;1-2-4-6-5-3-1/h2-6,12-14H,7-8H2,1H3,(H,19,21);1-6H/t12-,14?,16?;/m1./s1. The molecule has 4 rings (SSSR count). The van der Waals surface area contributed by atoms with Crippen molar-refractivity contribution in [3.05, 3.63) is 72.3 Å². The van der Waals surface area contributed by atoms with E-state index in [0.29, 0.717) is 0 Å². The fourth-order valence-corrected chi connectivity index (χ4v) is 5.63. The molecule has 0 radical (unpaired) electrons. The van der Waals surface area contributed by atoms with Crippen molar-refractivity contribution >= 4 is 52.7 Å². The molecule has 2 aromatic carbocycles. The van der Waals surface area contributed by atoms with Gasteiger partial charge in [-0.15, -0.1) is 35.0 Å². The molecule has 2 aliphatic rings. The van der Waals surface area contributed by atoms with Crippen molar-refractivity contribution in [1.29, 1.82) is 0 Å². The predicted octanol–water partition coefficient (Wildman–Crippen LogP) is 3.73. The molecule has 0 saturated carbocycles. The molecule has 0 spiro atoms. The lowest BCUT2D eigenvalue weighted by Gasteiger charge is -2.39. The van der Waals surface area contributed by atoms with Crippen LogP contribution >= 0.6 is 35.0 Å². The van der Waals surface area contributed by atoms with Gasteiger partial charge in [-0.1, -0.05) is 66.7 Å². The number of thioether (sulfide) groups is 1. The number of hydrogen-bond acceptors (Lipinski definition) is 5. The first-order chi connectivity index (χ1) is 14.9. The minimum Gasteiger partial charge on any atom is -0.460 e. The molecule has 31 heavy (non-hydrogen) atoms. The highest BCUT2D eigenvalue weighted by atomic mass is 35.5. The number of fused-ring (bicyclic) bond motifs is 1. The average molecular weight is 481 g/mol. The Morgan fingerprint density at radius 1 is 1.13 bits per heavy atom. The Bertz CT molecular complexity index is 890. The number of carbonyl (C=O) groups is 3. The number of ether oxygens (including phenoxy) is 1. The van der Waals surface area contributed by atoms with Crippen molar-refractivity contribution in [3.8, 4) is 0 Å². The van der Waals surface area contributed by atoms with Crippen LogP contribution in [0, 0.1) is 0 Å². The minimum atomic E-state index is -1.47. The van der Waals surface area contributed by atoms with Crippen LogP contribution in [-0.4, -0.2) is 43.8 Å². The number of β-lactam (4-membered cyclic amide) rings is 1. The number of halogens is 2. The summed E-state index contributed by atoms with van der Waals surface area (Å²) in [6, 6.07) is 21.2. The molecule has 3 atom stereocenters. The van der Waals surface area contributed by atoms with Crippen molar-refractivity contribution in [3.63, 3.8) is 0 Å². The molecule has 164 valence electrons. The molecule has 9 heteroatoms. The van der Waals surface area contributed by atoms with Crippen LogP contribution in [0.25, 0.3) is 0 Å². The summed E-state index contributed by atoms with van der Waals surface area (Å²) in [5, 5.41) is 2.37. The Kier molecular flexibility index (Phi) is 7.86. The van der Waals surface area contributed by atoms with Gasteiger partial charge >= 0.3 is 5.97 Å². The van der Waals surface area contributed by atoms with Gasteiger partial charge in [0.15, 0.2) is 4.75 Å². The predicted molar refractivity (Wildman–Crippen MR) is 121 cm³/mol. The lowest BCUT2D eigenvalue weighted by molar-refractivity contribution is -0.154. The molecule has 2 amide bonds. The van der Waals surface area contributed by atoms with E-state index in [1.54, 1.807) is 0 Å².